The molecule has 1 heterocycles. The minimum atomic E-state index is -0.288. The van der Waals surface area contributed by atoms with Gasteiger partial charge in [-0.15, -0.1) is 0 Å². The number of hydrogen-bond acceptors (Lipinski definition) is 6. The first kappa shape index (κ1) is 21.2. The number of nitrogens with zero attached hydrogens (tertiary/aromatic N) is 1. The molecule has 32 heavy (non-hydrogen) atoms. The molecule has 0 unspecified atom stereocenters. The van der Waals surface area contributed by atoms with E-state index in [9.17, 15) is 4.79 Å². The molecule has 1 aliphatic rings. The van der Waals surface area contributed by atoms with Gasteiger partial charge in [0.25, 0.3) is 5.91 Å². The molecule has 7 nitrogen and oxygen atoms in total. The molecule has 1 N–H and O–H groups in total. The van der Waals surface area contributed by atoms with Crippen LogP contribution in [0.1, 0.15) is 35.3 Å². The summed E-state index contributed by atoms with van der Waals surface area (Å²) in [7, 11) is 0. The highest BCUT2D eigenvalue weighted by atomic mass is 16.7. The second-order valence-corrected chi connectivity index (χ2v) is 7.10. The number of ether oxygens (including phenoxy) is 4. The van der Waals surface area contributed by atoms with Crippen molar-refractivity contribution in [3.8, 4) is 23.0 Å². The maximum absolute atomic E-state index is 12.4. The molecule has 0 radical (unpaired) electrons. The molecule has 7 heteroatoms. The smallest absolute Gasteiger partial charge is 0.271 e. The van der Waals surface area contributed by atoms with E-state index < -0.39 is 0 Å². The standard InChI is InChI=1S/C25H24N2O5/c1-3-29-21-9-11-22(12-10-21)30-15-18-4-6-19(7-5-18)25(28)27-26-17(2)20-8-13-23-24(14-20)32-16-31-23/h4-14H,3,15-16H2,1-2H3,(H,27,28). The van der Waals surface area contributed by atoms with Gasteiger partial charge in [-0.3, -0.25) is 4.79 Å². The van der Waals surface area contributed by atoms with Crippen LogP contribution in [0.15, 0.2) is 71.8 Å². The summed E-state index contributed by atoms with van der Waals surface area (Å²) < 4.78 is 21.9. The summed E-state index contributed by atoms with van der Waals surface area (Å²) in [6.45, 7) is 5.01. The average Bonchev–Trinajstić information content (AvgIpc) is 3.30. The molecule has 0 aliphatic carbocycles. The third kappa shape index (κ3) is 5.18. The molecule has 0 bridgehead atoms. The highest BCUT2D eigenvalue weighted by Crippen LogP contribution is 2.32. The Morgan fingerprint density at radius 3 is 2.28 bits per heavy atom. The van der Waals surface area contributed by atoms with Gasteiger partial charge in [0.15, 0.2) is 11.5 Å². The van der Waals surface area contributed by atoms with Crippen LogP contribution in [0, 0.1) is 0 Å². The number of nitrogens with one attached hydrogen (secondary N) is 1. The van der Waals surface area contributed by atoms with Gasteiger partial charge in [-0.1, -0.05) is 12.1 Å². The van der Waals surface area contributed by atoms with E-state index in [1.807, 2.05) is 68.4 Å². The van der Waals surface area contributed by atoms with Crippen molar-refractivity contribution in [2.75, 3.05) is 13.4 Å². The molecule has 1 amide bonds. The summed E-state index contributed by atoms with van der Waals surface area (Å²) in [5.41, 5.74) is 5.56. The molecule has 3 aromatic carbocycles. The first-order valence-electron chi connectivity index (χ1n) is 10.3. The van der Waals surface area contributed by atoms with E-state index in [4.69, 9.17) is 18.9 Å². The van der Waals surface area contributed by atoms with Crippen molar-refractivity contribution in [3.63, 3.8) is 0 Å². The number of rotatable bonds is 8. The number of hydrogen-bond donors (Lipinski definition) is 1. The average molecular weight is 432 g/mol. The SMILES string of the molecule is CCOc1ccc(OCc2ccc(C(=O)NN=C(C)c3ccc4c(c3)OCO4)cc2)cc1. The summed E-state index contributed by atoms with van der Waals surface area (Å²) in [5, 5.41) is 4.20. The topological polar surface area (TPSA) is 78.4 Å². The predicted molar refractivity (Wildman–Crippen MR) is 121 cm³/mol. The molecular weight excluding hydrogens is 408 g/mol. The van der Waals surface area contributed by atoms with Gasteiger partial charge in [0.2, 0.25) is 6.79 Å². The first-order valence-corrected chi connectivity index (χ1v) is 10.3. The molecular formula is C25H24N2O5. The maximum Gasteiger partial charge on any atom is 0.271 e. The van der Waals surface area contributed by atoms with Crippen LogP contribution in [0.4, 0.5) is 0 Å². The van der Waals surface area contributed by atoms with Crippen molar-refractivity contribution >= 4 is 11.6 Å². The Morgan fingerprint density at radius 1 is 0.906 bits per heavy atom. The van der Waals surface area contributed by atoms with Crippen LogP contribution in [0.3, 0.4) is 0 Å². The minimum Gasteiger partial charge on any atom is -0.494 e. The zero-order valence-electron chi connectivity index (χ0n) is 18.0. The monoisotopic (exact) mass is 432 g/mol. The first-order chi connectivity index (χ1) is 15.6. The van der Waals surface area contributed by atoms with Crippen molar-refractivity contribution < 1.29 is 23.7 Å². The lowest BCUT2D eigenvalue weighted by Gasteiger charge is -2.08. The fourth-order valence-electron chi connectivity index (χ4n) is 3.10. The van der Waals surface area contributed by atoms with Crippen LogP contribution in [0.2, 0.25) is 0 Å². The van der Waals surface area contributed by atoms with Crippen molar-refractivity contribution in [2.24, 2.45) is 5.10 Å². The molecule has 3 aromatic rings. The van der Waals surface area contributed by atoms with Gasteiger partial charge >= 0.3 is 0 Å². The van der Waals surface area contributed by atoms with Gasteiger partial charge in [0.1, 0.15) is 18.1 Å². The number of fused-ring (bicyclic) bond motifs is 1. The summed E-state index contributed by atoms with van der Waals surface area (Å²) in [6, 6.07) is 20.2. The van der Waals surface area contributed by atoms with Crippen molar-refractivity contribution in [3.05, 3.63) is 83.4 Å². The summed E-state index contributed by atoms with van der Waals surface area (Å²) >= 11 is 0. The van der Waals surface area contributed by atoms with Crippen molar-refractivity contribution in [2.45, 2.75) is 20.5 Å². The van der Waals surface area contributed by atoms with Gasteiger partial charge in [0, 0.05) is 11.1 Å². The van der Waals surface area contributed by atoms with Gasteiger partial charge in [0.05, 0.1) is 12.3 Å². The molecule has 0 saturated carbocycles. The van der Waals surface area contributed by atoms with Gasteiger partial charge < -0.3 is 18.9 Å². The minimum absolute atomic E-state index is 0.215. The van der Waals surface area contributed by atoms with E-state index in [1.165, 1.54) is 0 Å². The quantitative estimate of drug-likeness (QED) is 0.417. The Labute approximate surface area is 186 Å². The van der Waals surface area contributed by atoms with E-state index >= 15 is 0 Å². The maximum atomic E-state index is 12.4. The van der Waals surface area contributed by atoms with Gasteiger partial charge in [-0.05, 0) is 74.0 Å². The number of carbonyl (C=O) groups is 1. The third-order valence-electron chi connectivity index (χ3n) is 4.87. The highest BCUT2D eigenvalue weighted by Gasteiger charge is 2.14. The molecule has 0 atom stereocenters. The van der Waals surface area contributed by atoms with Gasteiger partial charge in [-0.25, -0.2) is 5.43 Å². The second kappa shape index (κ2) is 9.87. The fraction of sp³-hybridized carbons (Fsp3) is 0.200. The zero-order valence-corrected chi connectivity index (χ0v) is 18.0. The fourth-order valence-corrected chi connectivity index (χ4v) is 3.10. The highest BCUT2D eigenvalue weighted by molar-refractivity contribution is 6.01. The van der Waals surface area contributed by atoms with Gasteiger partial charge in [-0.2, -0.15) is 5.10 Å². The van der Waals surface area contributed by atoms with E-state index in [2.05, 4.69) is 10.5 Å². The normalized spacial score (nSPS) is 12.4. The van der Waals surface area contributed by atoms with Crippen LogP contribution >= 0.6 is 0 Å². The van der Waals surface area contributed by atoms with Crippen LogP contribution in [0.25, 0.3) is 0 Å². The number of benzene rings is 3. The summed E-state index contributed by atoms with van der Waals surface area (Å²) in [4.78, 5) is 12.4. The predicted octanol–water partition coefficient (Wildman–Crippen LogP) is 4.55. The molecule has 0 fully saturated rings. The van der Waals surface area contributed by atoms with Crippen molar-refractivity contribution in [1.82, 2.24) is 5.43 Å². The second-order valence-electron chi connectivity index (χ2n) is 7.10. The number of carbonyl (C=O) groups excluding carboxylic acids is 1. The number of hydrazone groups is 1. The zero-order chi connectivity index (χ0) is 22.3. The molecule has 0 aromatic heterocycles. The van der Waals surface area contributed by atoms with E-state index in [0.29, 0.717) is 36.0 Å². The largest absolute Gasteiger partial charge is 0.494 e. The molecule has 1 aliphatic heterocycles. The van der Waals surface area contributed by atoms with Crippen LogP contribution in [-0.4, -0.2) is 25.0 Å². The summed E-state index contributed by atoms with van der Waals surface area (Å²) in [6.07, 6.45) is 0. The van der Waals surface area contributed by atoms with Crippen molar-refractivity contribution in [1.29, 1.82) is 0 Å². The Balaban J connectivity index is 1.31. The lowest BCUT2D eigenvalue weighted by Crippen LogP contribution is -2.19. The molecule has 4 rings (SSSR count). The lowest BCUT2D eigenvalue weighted by molar-refractivity contribution is 0.0954. The molecule has 0 saturated heterocycles. The Hall–Kier alpha value is -4.00. The third-order valence-corrected chi connectivity index (χ3v) is 4.87. The number of amides is 1. The van der Waals surface area contributed by atoms with Crippen LogP contribution in [0.5, 0.6) is 23.0 Å². The van der Waals surface area contributed by atoms with Crippen LogP contribution in [-0.2, 0) is 6.61 Å². The van der Waals surface area contributed by atoms with Crippen LogP contribution < -0.4 is 24.4 Å². The lowest BCUT2D eigenvalue weighted by atomic mass is 10.1. The van der Waals surface area contributed by atoms with E-state index in [-0.39, 0.29) is 12.7 Å². The molecule has 0 spiro atoms. The molecule has 164 valence electrons. The Bertz CT molecular complexity index is 1110. The Morgan fingerprint density at radius 2 is 1.56 bits per heavy atom. The van der Waals surface area contributed by atoms with E-state index in [1.54, 1.807) is 12.1 Å². The summed E-state index contributed by atoms with van der Waals surface area (Å²) in [5.74, 6) is 2.66. The van der Waals surface area contributed by atoms with E-state index in [0.717, 1.165) is 22.6 Å². The Kier molecular flexibility index (Phi) is 6.55.